The molecule has 1 aliphatic carbocycles. The predicted octanol–water partition coefficient (Wildman–Crippen LogP) is 6.02. The summed E-state index contributed by atoms with van der Waals surface area (Å²) < 4.78 is 6.82. The number of hydrogen-bond acceptors (Lipinski definition) is 2. The van der Waals surface area contributed by atoms with Crippen LogP contribution in [0.15, 0.2) is 77.3 Å². The Morgan fingerprint density at radius 3 is 2.04 bits per heavy atom. The van der Waals surface area contributed by atoms with E-state index in [0.717, 1.165) is 38.1 Å². The van der Waals surface area contributed by atoms with Crippen molar-refractivity contribution in [3.05, 3.63) is 99.5 Å². The minimum absolute atomic E-state index is 0.510. The van der Waals surface area contributed by atoms with Gasteiger partial charge in [0.15, 0.2) is 0 Å². The SMILES string of the molecule is COc1ccc(Br)c2c1CC[C@H](N(Cc1ccccc1)Cc1ccccc1)C2. The van der Waals surface area contributed by atoms with Crippen LogP contribution in [0, 0.1) is 0 Å². The Bertz CT molecular complexity index is 869. The van der Waals surface area contributed by atoms with Crippen molar-refractivity contribution in [3.8, 4) is 5.75 Å². The summed E-state index contributed by atoms with van der Waals surface area (Å²) in [6.45, 7) is 1.94. The molecule has 4 rings (SSSR count). The molecule has 0 radical (unpaired) electrons. The van der Waals surface area contributed by atoms with E-state index in [4.69, 9.17) is 4.74 Å². The fourth-order valence-electron chi connectivity index (χ4n) is 4.24. The van der Waals surface area contributed by atoms with Crippen LogP contribution < -0.4 is 4.74 Å². The highest BCUT2D eigenvalue weighted by Crippen LogP contribution is 2.36. The predicted molar refractivity (Wildman–Crippen MR) is 119 cm³/mol. The maximum Gasteiger partial charge on any atom is 0.122 e. The Morgan fingerprint density at radius 1 is 0.857 bits per heavy atom. The van der Waals surface area contributed by atoms with Crippen molar-refractivity contribution in [1.82, 2.24) is 4.90 Å². The molecule has 2 nitrogen and oxygen atoms in total. The molecule has 0 spiro atoms. The van der Waals surface area contributed by atoms with Crippen LogP contribution in [0.4, 0.5) is 0 Å². The second-order valence-corrected chi connectivity index (χ2v) is 8.33. The topological polar surface area (TPSA) is 12.5 Å². The van der Waals surface area contributed by atoms with Gasteiger partial charge in [0.25, 0.3) is 0 Å². The smallest absolute Gasteiger partial charge is 0.122 e. The summed E-state index contributed by atoms with van der Waals surface area (Å²) in [5.74, 6) is 1.02. The van der Waals surface area contributed by atoms with E-state index >= 15 is 0 Å². The third-order valence-electron chi connectivity index (χ3n) is 5.69. The van der Waals surface area contributed by atoms with Crippen LogP contribution in [0.5, 0.6) is 5.75 Å². The maximum absolute atomic E-state index is 5.62. The molecule has 1 atom stereocenters. The molecule has 1 aliphatic rings. The molecule has 3 aromatic carbocycles. The summed E-state index contributed by atoms with van der Waals surface area (Å²) in [5, 5.41) is 0. The van der Waals surface area contributed by atoms with E-state index in [1.54, 1.807) is 7.11 Å². The Balaban J connectivity index is 1.61. The quantitative estimate of drug-likeness (QED) is 0.469. The molecule has 0 aromatic heterocycles. The molecular formula is C25H26BrNO. The lowest BCUT2D eigenvalue weighted by atomic mass is 9.86. The first kappa shape index (κ1) is 19.2. The zero-order chi connectivity index (χ0) is 19.3. The Kier molecular flexibility index (Phi) is 6.13. The number of nitrogens with zero attached hydrogens (tertiary/aromatic N) is 1. The van der Waals surface area contributed by atoms with Crippen LogP contribution in [0.25, 0.3) is 0 Å². The van der Waals surface area contributed by atoms with Gasteiger partial charge in [0.05, 0.1) is 7.11 Å². The Labute approximate surface area is 176 Å². The van der Waals surface area contributed by atoms with E-state index in [1.807, 2.05) is 0 Å². The number of methoxy groups -OCH3 is 1. The van der Waals surface area contributed by atoms with Gasteiger partial charge in [-0.05, 0) is 53.6 Å². The molecule has 0 saturated carbocycles. The average molecular weight is 436 g/mol. The maximum atomic E-state index is 5.62. The van der Waals surface area contributed by atoms with Crippen LogP contribution in [-0.4, -0.2) is 18.1 Å². The summed E-state index contributed by atoms with van der Waals surface area (Å²) >= 11 is 3.78. The van der Waals surface area contributed by atoms with Crippen molar-refractivity contribution in [1.29, 1.82) is 0 Å². The van der Waals surface area contributed by atoms with Crippen LogP contribution in [-0.2, 0) is 25.9 Å². The molecule has 0 fully saturated rings. The fraction of sp³-hybridized carbons (Fsp3) is 0.280. The van der Waals surface area contributed by atoms with Crippen LogP contribution in [0.1, 0.15) is 28.7 Å². The van der Waals surface area contributed by atoms with Gasteiger partial charge >= 0.3 is 0 Å². The summed E-state index contributed by atoms with van der Waals surface area (Å²) in [6, 6.07) is 26.3. The van der Waals surface area contributed by atoms with Crippen LogP contribution in [0.2, 0.25) is 0 Å². The lowest BCUT2D eigenvalue weighted by Gasteiger charge is -2.36. The second kappa shape index (κ2) is 8.93. The fourth-order valence-corrected chi connectivity index (χ4v) is 4.77. The zero-order valence-corrected chi connectivity index (χ0v) is 17.9. The van der Waals surface area contributed by atoms with E-state index in [9.17, 15) is 0 Å². The summed E-state index contributed by atoms with van der Waals surface area (Å²) in [5.41, 5.74) is 5.51. The first-order chi connectivity index (χ1) is 13.7. The summed E-state index contributed by atoms with van der Waals surface area (Å²) in [7, 11) is 1.77. The van der Waals surface area contributed by atoms with Gasteiger partial charge in [-0.3, -0.25) is 4.90 Å². The van der Waals surface area contributed by atoms with Crippen molar-refractivity contribution in [2.75, 3.05) is 7.11 Å². The molecule has 0 heterocycles. The number of rotatable bonds is 6. The third kappa shape index (κ3) is 4.31. The van der Waals surface area contributed by atoms with Gasteiger partial charge in [0.1, 0.15) is 5.75 Å². The molecule has 0 saturated heterocycles. The number of benzene rings is 3. The van der Waals surface area contributed by atoms with Gasteiger partial charge in [-0.25, -0.2) is 0 Å². The molecule has 0 aliphatic heterocycles. The molecule has 3 aromatic rings. The van der Waals surface area contributed by atoms with Crippen molar-refractivity contribution in [2.45, 2.75) is 38.4 Å². The normalized spacial score (nSPS) is 16.0. The van der Waals surface area contributed by atoms with E-state index in [-0.39, 0.29) is 0 Å². The van der Waals surface area contributed by atoms with Gasteiger partial charge in [0.2, 0.25) is 0 Å². The van der Waals surface area contributed by atoms with E-state index < -0.39 is 0 Å². The van der Waals surface area contributed by atoms with Crippen molar-refractivity contribution in [2.24, 2.45) is 0 Å². The highest BCUT2D eigenvalue weighted by atomic mass is 79.9. The number of ether oxygens (including phenoxy) is 1. The lowest BCUT2D eigenvalue weighted by Crippen LogP contribution is -2.38. The van der Waals surface area contributed by atoms with Crippen molar-refractivity contribution < 1.29 is 4.74 Å². The number of halogens is 1. The molecule has 0 N–H and O–H groups in total. The first-order valence-corrected chi connectivity index (χ1v) is 10.7. The highest BCUT2D eigenvalue weighted by molar-refractivity contribution is 9.10. The molecule has 0 unspecified atom stereocenters. The Morgan fingerprint density at radius 2 is 1.46 bits per heavy atom. The largest absolute Gasteiger partial charge is 0.496 e. The monoisotopic (exact) mass is 435 g/mol. The standard InChI is InChI=1S/C25H26BrNO/c1-28-25-15-14-24(26)23-16-21(12-13-22(23)25)27(17-19-8-4-2-5-9-19)18-20-10-6-3-7-11-20/h2-11,14-15,21H,12-13,16-18H2,1H3/t21-/m0/s1. The van der Waals surface area contributed by atoms with Crippen LogP contribution in [0.3, 0.4) is 0 Å². The number of hydrogen-bond donors (Lipinski definition) is 0. The Hall–Kier alpha value is -2.10. The van der Waals surface area contributed by atoms with Gasteiger partial charge in [-0.15, -0.1) is 0 Å². The second-order valence-electron chi connectivity index (χ2n) is 7.48. The average Bonchev–Trinajstić information content (AvgIpc) is 2.75. The minimum atomic E-state index is 0.510. The minimum Gasteiger partial charge on any atom is -0.496 e. The van der Waals surface area contributed by atoms with E-state index in [0.29, 0.717) is 6.04 Å². The van der Waals surface area contributed by atoms with E-state index in [1.165, 1.54) is 26.7 Å². The van der Waals surface area contributed by atoms with E-state index in [2.05, 4.69) is 93.6 Å². The highest BCUT2D eigenvalue weighted by Gasteiger charge is 2.27. The number of fused-ring (bicyclic) bond motifs is 1. The summed E-state index contributed by atoms with van der Waals surface area (Å²) in [4.78, 5) is 2.64. The van der Waals surface area contributed by atoms with Gasteiger partial charge in [-0.2, -0.15) is 0 Å². The van der Waals surface area contributed by atoms with Crippen molar-refractivity contribution >= 4 is 15.9 Å². The van der Waals surface area contributed by atoms with Crippen molar-refractivity contribution in [3.63, 3.8) is 0 Å². The molecule has 28 heavy (non-hydrogen) atoms. The van der Waals surface area contributed by atoms with Gasteiger partial charge in [0, 0.05) is 23.6 Å². The first-order valence-electron chi connectivity index (χ1n) is 9.90. The van der Waals surface area contributed by atoms with Gasteiger partial charge in [-0.1, -0.05) is 76.6 Å². The summed E-state index contributed by atoms with van der Waals surface area (Å²) in [6.07, 6.45) is 3.26. The molecule has 0 bridgehead atoms. The zero-order valence-electron chi connectivity index (χ0n) is 16.3. The van der Waals surface area contributed by atoms with Crippen LogP contribution >= 0.6 is 15.9 Å². The molecular weight excluding hydrogens is 410 g/mol. The van der Waals surface area contributed by atoms with Gasteiger partial charge < -0.3 is 4.74 Å². The third-order valence-corrected chi connectivity index (χ3v) is 6.43. The molecule has 0 amide bonds. The lowest BCUT2D eigenvalue weighted by molar-refractivity contribution is 0.161. The molecule has 144 valence electrons. The molecule has 3 heteroatoms.